The summed E-state index contributed by atoms with van der Waals surface area (Å²) in [6.07, 6.45) is -0.0525. The van der Waals surface area contributed by atoms with Gasteiger partial charge in [-0.05, 0) is 41.5 Å². The van der Waals surface area contributed by atoms with E-state index in [9.17, 15) is 5.11 Å². The summed E-state index contributed by atoms with van der Waals surface area (Å²) in [6.45, 7) is 0. The van der Waals surface area contributed by atoms with Crippen molar-refractivity contribution in [2.75, 3.05) is 14.2 Å². The second kappa shape index (κ2) is 6.77. The van der Waals surface area contributed by atoms with Crippen LogP contribution in [0.1, 0.15) is 17.2 Å². The molecule has 0 aliphatic rings. The van der Waals surface area contributed by atoms with Crippen LogP contribution in [0.2, 0.25) is 0 Å². The quantitative estimate of drug-likeness (QED) is 0.903. The minimum Gasteiger partial charge on any atom is -0.497 e. The number of methoxy groups -OCH3 is 2. The maximum Gasteiger partial charge on any atom is 0.119 e. The number of aliphatic hydroxyl groups is 1. The van der Waals surface area contributed by atoms with E-state index in [0.29, 0.717) is 6.42 Å². The second-order valence-corrected chi connectivity index (χ2v) is 5.31. The highest BCUT2D eigenvalue weighted by atomic mass is 79.9. The molecule has 0 bridgehead atoms. The van der Waals surface area contributed by atoms with Gasteiger partial charge in [0.05, 0.1) is 20.3 Å². The molecule has 0 spiro atoms. The number of aliphatic hydroxyl groups excluding tert-OH is 1. The minimum atomic E-state index is -0.590. The molecule has 2 aromatic rings. The Hall–Kier alpha value is -1.52. The predicted octanol–water partition coefficient (Wildman–Crippen LogP) is 3.74. The molecule has 0 heterocycles. The van der Waals surface area contributed by atoms with Crippen LogP contribution in [0.3, 0.4) is 0 Å². The van der Waals surface area contributed by atoms with Gasteiger partial charge < -0.3 is 14.6 Å². The Bertz CT molecular complexity index is 566. The summed E-state index contributed by atoms with van der Waals surface area (Å²) in [5, 5.41) is 10.4. The summed E-state index contributed by atoms with van der Waals surface area (Å²) in [7, 11) is 3.25. The molecule has 106 valence electrons. The van der Waals surface area contributed by atoms with Gasteiger partial charge in [0.25, 0.3) is 0 Å². The van der Waals surface area contributed by atoms with Crippen LogP contribution >= 0.6 is 15.9 Å². The highest BCUT2D eigenvalue weighted by Crippen LogP contribution is 2.30. The molecule has 0 saturated heterocycles. The smallest absolute Gasteiger partial charge is 0.119 e. The number of rotatable bonds is 5. The van der Waals surface area contributed by atoms with Crippen LogP contribution in [0.15, 0.2) is 46.9 Å². The molecule has 4 heteroatoms. The first kappa shape index (κ1) is 14.9. The fourth-order valence-corrected chi connectivity index (χ4v) is 2.51. The van der Waals surface area contributed by atoms with Crippen molar-refractivity contribution in [1.82, 2.24) is 0 Å². The fourth-order valence-electron chi connectivity index (χ4n) is 2.00. The van der Waals surface area contributed by atoms with E-state index in [0.717, 1.165) is 27.1 Å². The molecule has 2 aromatic carbocycles. The van der Waals surface area contributed by atoms with Gasteiger partial charge in [-0.15, -0.1) is 0 Å². The van der Waals surface area contributed by atoms with Crippen LogP contribution in [0.4, 0.5) is 0 Å². The van der Waals surface area contributed by atoms with Crippen molar-refractivity contribution in [1.29, 1.82) is 0 Å². The van der Waals surface area contributed by atoms with E-state index in [-0.39, 0.29) is 0 Å². The lowest BCUT2D eigenvalue weighted by Crippen LogP contribution is -2.03. The van der Waals surface area contributed by atoms with E-state index in [1.165, 1.54) is 0 Å². The van der Waals surface area contributed by atoms with Gasteiger partial charge in [0.15, 0.2) is 0 Å². The summed E-state index contributed by atoms with van der Waals surface area (Å²) in [6, 6.07) is 13.3. The second-order valence-electron chi connectivity index (χ2n) is 4.46. The SMILES string of the molecule is COc1ccc(CC(O)c2cc(OC)ccc2Br)cc1. The van der Waals surface area contributed by atoms with Crippen molar-refractivity contribution in [3.63, 3.8) is 0 Å². The molecule has 20 heavy (non-hydrogen) atoms. The molecule has 0 aromatic heterocycles. The normalized spacial score (nSPS) is 12.0. The number of benzene rings is 2. The van der Waals surface area contributed by atoms with Crippen LogP contribution in [0, 0.1) is 0 Å². The van der Waals surface area contributed by atoms with E-state index >= 15 is 0 Å². The third-order valence-corrected chi connectivity index (χ3v) is 3.87. The average Bonchev–Trinajstić information content (AvgIpc) is 2.48. The van der Waals surface area contributed by atoms with Gasteiger partial charge in [0, 0.05) is 10.9 Å². The van der Waals surface area contributed by atoms with E-state index < -0.39 is 6.10 Å². The first-order chi connectivity index (χ1) is 9.63. The monoisotopic (exact) mass is 336 g/mol. The molecule has 1 N–H and O–H groups in total. The Balaban J connectivity index is 2.16. The summed E-state index contributed by atoms with van der Waals surface area (Å²) in [5.74, 6) is 1.54. The molecule has 0 radical (unpaired) electrons. The van der Waals surface area contributed by atoms with Gasteiger partial charge >= 0.3 is 0 Å². The van der Waals surface area contributed by atoms with E-state index in [2.05, 4.69) is 15.9 Å². The van der Waals surface area contributed by atoms with Gasteiger partial charge in [0.2, 0.25) is 0 Å². The average molecular weight is 337 g/mol. The fraction of sp³-hybridized carbons (Fsp3) is 0.250. The van der Waals surface area contributed by atoms with Crippen molar-refractivity contribution in [3.8, 4) is 11.5 Å². The maximum absolute atomic E-state index is 10.4. The summed E-state index contributed by atoms with van der Waals surface area (Å²) in [4.78, 5) is 0. The zero-order chi connectivity index (χ0) is 14.5. The van der Waals surface area contributed by atoms with Crippen LogP contribution in [0.5, 0.6) is 11.5 Å². The van der Waals surface area contributed by atoms with Crippen molar-refractivity contribution >= 4 is 15.9 Å². The number of hydrogen-bond donors (Lipinski definition) is 1. The van der Waals surface area contributed by atoms with Crippen LogP contribution < -0.4 is 9.47 Å². The Morgan fingerprint density at radius 1 is 1.00 bits per heavy atom. The van der Waals surface area contributed by atoms with Crippen molar-refractivity contribution in [3.05, 3.63) is 58.1 Å². The Labute approximate surface area is 127 Å². The molecule has 0 amide bonds. The molecule has 0 aliphatic heterocycles. The zero-order valence-corrected chi connectivity index (χ0v) is 13.1. The first-order valence-electron chi connectivity index (χ1n) is 6.28. The highest BCUT2D eigenvalue weighted by Gasteiger charge is 2.13. The topological polar surface area (TPSA) is 38.7 Å². The standard InChI is InChI=1S/C16H17BrO3/c1-19-12-5-3-11(4-6-12)9-16(18)14-10-13(20-2)7-8-15(14)17/h3-8,10,16,18H,9H2,1-2H3. The van der Waals surface area contributed by atoms with Crippen LogP contribution in [-0.4, -0.2) is 19.3 Å². The lowest BCUT2D eigenvalue weighted by atomic mass is 10.0. The maximum atomic E-state index is 10.4. The molecule has 3 nitrogen and oxygen atoms in total. The largest absolute Gasteiger partial charge is 0.497 e. The Kier molecular flexibility index (Phi) is 5.04. The van der Waals surface area contributed by atoms with Gasteiger partial charge in [0.1, 0.15) is 11.5 Å². The summed E-state index contributed by atoms with van der Waals surface area (Å²) >= 11 is 3.46. The molecule has 0 fully saturated rings. The van der Waals surface area contributed by atoms with Gasteiger partial charge in [-0.1, -0.05) is 28.1 Å². The van der Waals surface area contributed by atoms with Crippen molar-refractivity contribution in [2.45, 2.75) is 12.5 Å². The van der Waals surface area contributed by atoms with E-state index in [4.69, 9.17) is 9.47 Å². The van der Waals surface area contributed by atoms with Crippen molar-refractivity contribution in [2.24, 2.45) is 0 Å². The molecule has 0 aliphatic carbocycles. The number of hydrogen-bond acceptors (Lipinski definition) is 3. The van der Waals surface area contributed by atoms with Crippen LogP contribution in [-0.2, 0) is 6.42 Å². The molecule has 0 saturated carbocycles. The summed E-state index contributed by atoms with van der Waals surface area (Å²) in [5.41, 5.74) is 1.87. The third-order valence-electron chi connectivity index (χ3n) is 3.15. The van der Waals surface area contributed by atoms with Gasteiger partial charge in [-0.3, -0.25) is 0 Å². The lowest BCUT2D eigenvalue weighted by Gasteiger charge is -2.14. The Morgan fingerprint density at radius 3 is 2.20 bits per heavy atom. The molecule has 1 atom stereocenters. The molecular formula is C16H17BrO3. The number of halogens is 1. The van der Waals surface area contributed by atoms with Crippen molar-refractivity contribution < 1.29 is 14.6 Å². The predicted molar refractivity (Wildman–Crippen MR) is 82.4 cm³/mol. The van der Waals surface area contributed by atoms with Gasteiger partial charge in [-0.25, -0.2) is 0 Å². The highest BCUT2D eigenvalue weighted by molar-refractivity contribution is 9.10. The Morgan fingerprint density at radius 2 is 1.60 bits per heavy atom. The number of ether oxygens (including phenoxy) is 2. The lowest BCUT2D eigenvalue weighted by molar-refractivity contribution is 0.177. The molecular weight excluding hydrogens is 320 g/mol. The molecule has 2 rings (SSSR count). The third kappa shape index (κ3) is 3.52. The van der Waals surface area contributed by atoms with E-state index in [1.807, 2.05) is 42.5 Å². The van der Waals surface area contributed by atoms with E-state index in [1.54, 1.807) is 14.2 Å². The zero-order valence-electron chi connectivity index (χ0n) is 11.5. The first-order valence-corrected chi connectivity index (χ1v) is 7.07. The molecule has 1 unspecified atom stereocenters. The summed E-state index contributed by atoms with van der Waals surface area (Å²) < 4.78 is 11.2. The van der Waals surface area contributed by atoms with Crippen LogP contribution in [0.25, 0.3) is 0 Å². The minimum absolute atomic E-state index is 0.537. The van der Waals surface area contributed by atoms with Gasteiger partial charge in [-0.2, -0.15) is 0 Å².